The van der Waals surface area contributed by atoms with Crippen molar-refractivity contribution in [2.24, 2.45) is 5.84 Å². The second-order valence-corrected chi connectivity index (χ2v) is 5.30. The first-order valence-corrected chi connectivity index (χ1v) is 6.41. The maximum absolute atomic E-state index is 5.32. The molecule has 0 saturated heterocycles. The summed E-state index contributed by atoms with van der Waals surface area (Å²) in [7, 11) is 0. The monoisotopic (exact) mass is 264 g/mol. The highest BCUT2D eigenvalue weighted by Gasteiger charge is 2.10. The van der Waals surface area contributed by atoms with Crippen molar-refractivity contribution in [1.29, 1.82) is 0 Å². The topological polar surface area (TPSA) is 88.8 Å². The number of thiazole rings is 1. The van der Waals surface area contributed by atoms with E-state index in [4.69, 9.17) is 5.84 Å². The molecule has 0 spiro atoms. The van der Waals surface area contributed by atoms with Crippen LogP contribution >= 0.6 is 11.3 Å². The minimum atomic E-state index is 0.101. The summed E-state index contributed by atoms with van der Waals surface area (Å²) >= 11 is 1.67. The highest BCUT2D eigenvalue weighted by Crippen LogP contribution is 2.22. The van der Waals surface area contributed by atoms with Gasteiger partial charge in [0.1, 0.15) is 10.8 Å². The van der Waals surface area contributed by atoms with Crippen molar-refractivity contribution in [3.05, 3.63) is 27.8 Å². The molecule has 96 valence electrons. The van der Waals surface area contributed by atoms with Crippen molar-refractivity contribution in [3.8, 4) is 0 Å². The van der Waals surface area contributed by atoms with Crippen molar-refractivity contribution in [1.82, 2.24) is 15.0 Å². The van der Waals surface area contributed by atoms with Gasteiger partial charge in [-0.15, -0.1) is 11.3 Å². The number of nitrogen functional groups attached to an aromatic ring is 1. The predicted octanol–water partition coefficient (Wildman–Crippen LogP) is 2.01. The molecule has 0 aliphatic heterocycles. The molecule has 4 N–H and O–H groups in total. The van der Waals surface area contributed by atoms with Gasteiger partial charge in [-0.05, 0) is 20.8 Å². The second-order valence-electron chi connectivity index (χ2n) is 4.04. The quantitative estimate of drug-likeness (QED) is 0.578. The Bertz CT molecular complexity index is 538. The smallest absolute Gasteiger partial charge is 0.239 e. The molecule has 0 aliphatic rings. The molecule has 0 radical (unpaired) electrons. The number of nitrogens with zero attached hydrogens (tertiary/aromatic N) is 3. The van der Waals surface area contributed by atoms with E-state index in [2.05, 4.69) is 25.7 Å². The van der Waals surface area contributed by atoms with Crippen LogP contribution in [0.4, 0.5) is 11.8 Å². The van der Waals surface area contributed by atoms with E-state index in [1.54, 1.807) is 11.3 Å². The number of rotatable bonds is 4. The molecule has 0 aromatic carbocycles. The van der Waals surface area contributed by atoms with Gasteiger partial charge in [0.05, 0.1) is 6.04 Å². The molecule has 2 aromatic rings. The predicted molar refractivity (Wildman–Crippen MR) is 73.5 cm³/mol. The average Bonchev–Trinajstić information content (AvgIpc) is 2.75. The van der Waals surface area contributed by atoms with E-state index >= 15 is 0 Å². The van der Waals surface area contributed by atoms with Crippen molar-refractivity contribution in [2.75, 3.05) is 10.7 Å². The van der Waals surface area contributed by atoms with Crippen molar-refractivity contribution >= 4 is 23.1 Å². The van der Waals surface area contributed by atoms with Crippen LogP contribution in [-0.2, 0) is 0 Å². The van der Waals surface area contributed by atoms with Crippen molar-refractivity contribution in [3.63, 3.8) is 0 Å². The van der Waals surface area contributed by atoms with Gasteiger partial charge >= 0.3 is 0 Å². The van der Waals surface area contributed by atoms with Crippen LogP contribution in [0.2, 0.25) is 0 Å². The number of nitrogens with two attached hydrogens (primary N) is 1. The number of aromatic nitrogens is 3. The molecular formula is C11H16N6S. The summed E-state index contributed by atoms with van der Waals surface area (Å²) in [5.74, 6) is 6.45. The zero-order valence-corrected chi connectivity index (χ0v) is 11.4. The Balaban J connectivity index is 2.16. The van der Waals surface area contributed by atoms with E-state index in [-0.39, 0.29) is 6.04 Å². The fraction of sp³-hybridized carbons (Fsp3) is 0.364. The third-order valence-corrected chi connectivity index (χ3v) is 3.45. The Morgan fingerprint density at radius 3 is 2.72 bits per heavy atom. The Labute approximate surface area is 110 Å². The zero-order valence-electron chi connectivity index (χ0n) is 10.6. The molecule has 7 heteroatoms. The molecule has 18 heavy (non-hydrogen) atoms. The third kappa shape index (κ3) is 2.93. The number of hydrazine groups is 1. The maximum atomic E-state index is 5.32. The van der Waals surface area contributed by atoms with E-state index < -0.39 is 0 Å². The largest absolute Gasteiger partial charge is 0.361 e. The molecule has 0 saturated carbocycles. The van der Waals surface area contributed by atoms with E-state index in [0.29, 0.717) is 5.95 Å². The Kier molecular flexibility index (Phi) is 3.73. The summed E-state index contributed by atoms with van der Waals surface area (Å²) in [5, 5.41) is 4.32. The fourth-order valence-electron chi connectivity index (χ4n) is 1.56. The molecule has 2 aromatic heterocycles. The second kappa shape index (κ2) is 5.28. The average molecular weight is 264 g/mol. The lowest BCUT2D eigenvalue weighted by Gasteiger charge is -2.13. The van der Waals surface area contributed by atoms with Crippen molar-refractivity contribution in [2.45, 2.75) is 26.8 Å². The SMILES string of the molecule is Cc1cc(NC(C)c2ncc(C)s2)nc(NN)n1. The molecule has 2 heterocycles. The summed E-state index contributed by atoms with van der Waals surface area (Å²) < 4.78 is 0. The lowest BCUT2D eigenvalue weighted by Crippen LogP contribution is -2.14. The van der Waals surface area contributed by atoms with E-state index in [0.717, 1.165) is 16.5 Å². The van der Waals surface area contributed by atoms with Crippen LogP contribution in [-0.4, -0.2) is 15.0 Å². The van der Waals surface area contributed by atoms with Crippen LogP contribution in [0, 0.1) is 13.8 Å². The van der Waals surface area contributed by atoms with Crippen LogP contribution < -0.4 is 16.6 Å². The number of aryl methyl sites for hydroxylation is 2. The lowest BCUT2D eigenvalue weighted by molar-refractivity contribution is 0.857. The Morgan fingerprint density at radius 1 is 1.33 bits per heavy atom. The first-order chi connectivity index (χ1) is 8.58. The maximum Gasteiger partial charge on any atom is 0.239 e. The standard InChI is InChI=1S/C11H16N6S/c1-6-4-9(16-11(14-6)17-12)15-8(3)10-13-5-7(2)18-10/h4-5,8H,12H2,1-3H3,(H2,14,15,16,17). The summed E-state index contributed by atoms with van der Waals surface area (Å²) in [6.45, 7) is 5.98. The molecule has 0 fully saturated rings. The molecule has 0 aliphatic carbocycles. The minimum Gasteiger partial charge on any atom is -0.361 e. The molecule has 0 amide bonds. The van der Waals surface area contributed by atoms with Gasteiger partial charge in [0, 0.05) is 22.8 Å². The van der Waals surface area contributed by atoms with E-state index in [1.165, 1.54) is 4.88 Å². The third-order valence-electron chi connectivity index (χ3n) is 2.36. The number of nitrogens with one attached hydrogen (secondary N) is 2. The van der Waals surface area contributed by atoms with Gasteiger partial charge in [-0.1, -0.05) is 0 Å². The summed E-state index contributed by atoms with van der Waals surface area (Å²) in [6, 6.07) is 1.97. The van der Waals surface area contributed by atoms with Crippen LogP contribution in [0.1, 0.15) is 28.5 Å². The lowest BCUT2D eigenvalue weighted by atomic mass is 10.3. The number of anilines is 2. The highest BCUT2D eigenvalue weighted by molar-refractivity contribution is 7.11. The van der Waals surface area contributed by atoms with Gasteiger partial charge in [-0.25, -0.2) is 15.8 Å². The van der Waals surface area contributed by atoms with Gasteiger partial charge in [0.25, 0.3) is 0 Å². The molecule has 2 rings (SSSR count). The van der Waals surface area contributed by atoms with Gasteiger partial charge in [0.2, 0.25) is 5.95 Å². The number of hydrogen-bond acceptors (Lipinski definition) is 7. The molecular weight excluding hydrogens is 248 g/mol. The minimum absolute atomic E-state index is 0.101. The van der Waals surface area contributed by atoms with Gasteiger partial charge in [-0.3, -0.25) is 5.43 Å². The fourth-order valence-corrected chi connectivity index (χ4v) is 2.34. The first-order valence-electron chi connectivity index (χ1n) is 5.59. The molecule has 1 unspecified atom stereocenters. The zero-order chi connectivity index (χ0) is 13.1. The summed E-state index contributed by atoms with van der Waals surface area (Å²) in [5.41, 5.74) is 3.30. The van der Waals surface area contributed by atoms with E-state index in [1.807, 2.05) is 33.0 Å². The van der Waals surface area contributed by atoms with Gasteiger partial charge in [-0.2, -0.15) is 4.98 Å². The summed E-state index contributed by atoms with van der Waals surface area (Å²) in [6.07, 6.45) is 1.87. The number of hydrogen-bond donors (Lipinski definition) is 3. The van der Waals surface area contributed by atoms with Crippen LogP contribution in [0.5, 0.6) is 0 Å². The molecule has 0 bridgehead atoms. The van der Waals surface area contributed by atoms with Crippen LogP contribution in [0.15, 0.2) is 12.3 Å². The Morgan fingerprint density at radius 2 is 2.11 bits per heavy atom. The molecule has 6 nitrogen and oxygen atoms in total. The normalized spacial score (nSPS) is 12.2. The van der Waals surface area contributed by atoms with Crippen LogP contribution in [0.25, 0.3) is 0 Å². The molecule has 1 atom stereocenters. The van der Waals surface area contributed by atoms with Gasteiger partial charge < -0.3 is 5.32 Å². The highest BCUT2D eigenvalue weighted by atomic mass is 32.1. The van der Waals surface area contributed by atoms with E-state index in [9.17, 15) is 0 Å². The first kappa shape index (κ1) is 12.7. The van der Waals surface area contributed by atoms with Crippen molar-refractivity contribution < 1.29 is 0 Å². The van der Waals surface area contributed by atoms with Crippen LogP contribution in [0.3, 0.4) is 0 Å². The Hall–Kier alpha value is -1.73. The van der Waals surface area contributed by atoms with Gasteiger partial charge in [0.15, 0.2) is 0 Å². The summed E-state index contributed by atoms with van der Waals surface area (Å²) in [4.78, 5) is 13.9.